The van der Waals surface area contributed by atoms with E-state index in [1.807, 2.05) is 58.0 Å². The molecule has 0 bridgehead atoms. The van der Waals surface area contributed by atoms with Gasteiger partial charge < -0.3 is 15.2 Å². The van der Waals surface area contributed by atoms with Gasteiger partial charge in [0.2, 0.25) is 0 Å². The summed E-state index contributed by atoms with van der Waals surface area (Å²) < 4.78 is 5.27. The van der Waals surface area contributed by atoms with Crippen LogP contribution in [0.25, 0.3) is 0 Å². The van der Waals surface area contributed by atoms with E-state index in [0.717, 1.165) is 5.56 Å². The fourth-order valence-corrected chi connectivity index (χ4v) is 1.84. The van der Waals surface area contributed by atoms with Crippen LogP contribution in [0.1, 0.15) is 39.7 Å². The number of hydrogen-bond donors (Lipinski definition) is 2. The minimum Gasteiger partial charge on any atom is -0.444 e. The molecule has 0 heterocycles. The van der Waals surface area contributed by atoms with E-state index in [1.165, 1.54) is 0 Å². The predicted octanol–water partition coefficient (Wildman–Crippen LogP) is 2.81. The molecule has 0 aliphatic rings. The molecule has 4 heteroatoms. The summed E-state index contributed by atoms with van der Waals surface area (Å²) in [6.45, 7) is 7.32. The summed E-state index contributed by atoms with van der Waals surface area (Å²) in [4.78, 5) is 11.9. The van der Waals surface area contributed by atoms with Gasteiger partial charge in [-0.15, -0.1) is 0 Å². The van der Waals surface area contributed by atoms with Gasteiger partial charge in [-0.1, -0.05) is 30.3 Å². The highest BCUT2D eigenvalue weighted by Crippen LogP contribution is 2.24. The molecule has 0 unspecified atom stereocenters. The lowest BCUT2D eigenvalue weighted by Crippen LogP contribution is -2.46. The molecular formula is C15H23NO3. The average Bonchev–Trinajstić information content (AvgIpc) is 2.27. The van der Waals surface area contributed by atoms with Crippen molar-refractivity contribution in [3.05, 3.63) is 35.9 Å². The number of aliphatic hydroxyl groups excluding tert-OH is 1. The van der Waals surface area contributed by atoms with Crippen molar-refractivity contribution < 1.29 is 14.6 Å². The van der Waals surface area contributed by atoms with Crippen molar-refractivity contribution in [2.24, 2.45) is 0 Å². The van der Waals surface area contributed by atoms with Gasteiger partial charge >= 0.3 is 6.09 Å². The maximum absolute atomic E-state index is 11.9. The van der Waals surface area contributed by atoms with E-state index in [4.69, 9.17) is 4.74 Å². The van der Waals surface area contributed by atoms with Crippen LogP contribution >= 0.6 is 0 Å². The van der Waals surface area contributed by atoms with Gasteiger partial charge in [0, 0.05) is 6.61 Å². The zero-order valence-corrected chi connectivity index (χ0v) is 12.1. The molecule has 1 atom stereocenters. The number of rotatable bonds is 4. The maximum atomic E-state index is 11.9. The quantitative estimate of drug-likeness (QED) is 0.880. The van der Waals surface area contributed by atoms with Crippen molar-refractivity contribution in [3.8, 4) is 0 Å². The monoisotopic (exact) mass is 265 g/mol. The van der Waals surface area contributed by atoms with Crippen molar-refractivity contribution in [2.75, 3.05) is 6.61 Å². The highest BCUT2D eigenvalue weighted by atomic mass is 16.6. The lowest BCUT2D eigenvalue weighted by atomic mass is 9.89. The van der Waals surface area contributed by atoms with E-state index in [0.29, 0.717) is 6.42 Å². The summed E-state index contributed by atoms with van der Waals surface area (Å²) in [7, 11) is 0. The van der Waals surface area contributed by atoms with Crippen LogP contribution in [0.2, 0.25) is 0 Å². The van der Waals surface area contributed by atoms with Crippen molar-refractivity contribution >= 4 is 6.09 Å². The molecule has 0 saturated carbocycles. The molecule has 19 heavy (non-hydrogen) atoms. The zero-order valence-electron chi connectivity index (χ0n) is 12.1. The van der Waals surface area contributed by atoms with Crippen molar-refractivity contribution in [2.45, 2.75) is 45.3 Å². The number of amides is 1. The van der Waals surface area contributed by atoms with Gasteiger partial charge in [-0.2, -0.15) is 0 Å². The molecule has 0 aliphatic heterocycles. The van der Waals surface area contributed by atoms with Crippen LogP contribution < -0.4 is 5.32 Å². The Morgan fingerprint density at radius 1 is 1.21 bits per heavy atom. The second-order valence-electron chi connectivity index (χ2n) is 5.80. The molecule has 106 valence electrons. The third-order valence-electron chi connectivity index (χ3n) is 2.80. The van der Waals surface area contributed by atoms with Crippen LogP contribution in [-0.2, 0) is 10.3 Å². The number of nitrogens with one attached hydrogen (secondary N) is 1. The fourth-order valence-electron chi connectivity index (χ4n) is 1.84. The summed E-state index contributed by atoms with van der Waals surface area (Å²) >= 11 is 0. The minimum absolute atomic E-state index is 0.0127. The number of carbonyl (C=O) groups excluding carboxylic acids is 1. The van der Waals surface area contributed by atoms with E-state index in [-0.39, 0.29) is 6.61 Å². The van der Waals surface area contributed by atoms with Crippen LogP contribution in [-0.4, -0.2) is 23.4 Å². The van der Waals surface area contributed by atoms with E-state index >= 15 is 0 Å². The third-order valence-corrected chi connectivity index (χ3v) is 2.80. The fraction of sp³-hybridized carbons (Fsp3) is 0.533. The Bertz CT molecular complexity index is 411. The summed E-state index contributed by atoms with van der Waals surface area (Å²) in [5.74, 6) is 0. The molecule has 0 spiro atoms. The van der Waals surface area contributed by atoms with E-state index in [1.54, 1.807) is 0 Å². The molecule has 0 aromatic heterocycles. The van der Waals surface area contributed by atoms with E-state index < -0.39 is 17.2 Å². The second kappa shape index (κ2) is 6.06. The highest BCUT2D eigenvalue weighted by molar-refractivity contribution is 5.69. The Labute approximate surface area is 114 Å². The molecular weight excluding hydrogens is 242 g/mol. The number of ether oxygens (including phenoxy) is 1. The number of benzene rings is 1. The highest BCUT2D eigenvalue weighted by Gasteiger charge is 2.30. The van der Waals surface area contributed by atoms with Crippen molar-refractivity contribution in [3.63, 3.8) is 0 Å². The minimum atomic E-state index is -0.641. The first-order chi connectivity index (χ1) is 8.77. The lowest BCUT2D eigenvalue weighted by molar-refractivity contribution is 0.0445. The van der Waals surface area contributed by atoms with E-state index in [2.05, 4.69) is 5.32 Å². The first-order valence-corrected chi connectivity index (χ1v) is 6.44. The lowest BCUT2D eigenvalue weighted by Gasteiger charge is -2.32. The summed E-state index contributed by atoms with van der Waals surface area (Å²) in [6.07, 6.45) is -0.0525. The Hall–Kier alpha value is -1.55. The number of alkyl carbamates (subject to hydrolysis) is 1. The zero-order chi connectivity index (χ0) is 14.5. The van der Waals surface area contributed by atoms with Gasteiger partial charge in [0.25, 0.3) is 0 Å². The smallest absolute Gasteiger partial charge is 0.408 e. The van der Waals surface area contributed by atoms with Gasteiger partial charge in [-0.3, -0.25) is 0 Å². The number of aliphatic hydroxyl groups is 1. The molecule has 2 N–H and O–H groups in total. The molecule has 4 nitrogen and oxygen atoms in total. The van der Waals surface area contributed by atoms with Crippen LogP contribution in [0.3, 0.4) is 0 Å². The number of carbonyl (C=O) groups is 1. The van der Waals surface area contributed by atoms with Crippen molar-refractivity contribution in [1.82, 2.24) is 5.32 Å². The first-order valence-electron chi connectivity index (χ1n) is 6.44. The van der Waals surface area contributed by atoms with Gasteiger partial charge in [-0.05, 0) is 39.7 Å². The second-order valence-corrected chi connectivity index (χ2v) is 5.80. The van der Waals surface area contributed by atoms with Crippen LogP contribution in [0, 0.1) is 0 Å². The van der Waals surface area contributed by atoms with Gasteiger partial charge in [-0.25, -0.2) is 4.79 Å². The topological polar surface area (TPSA) is 58.6 Å². The third kappa shape index (κ3) is 4.91. The molecule has 1 rings (SSSR count). The van der Waals surface area contributed by atoms with Crippen LogP contribution in [0.5, 0.6) is 0 Å². The molecule has 1 amide bonds. The molecule has 0 saturated heterocycles. The Morgan fingerprint density at radius 3 is 2.26 bits per heavy atom. The first kappa shape index (κ1) is 15.5. The largest absolute Gasteiger partial charge is 0.444 e. The van der Waals surface area contributed by atoms with Gasteiger partial charge in [0.15, 0.2) is 0 Å². The summed E-state index contributed by atoms with van der Waals surface area (Å²) in [5, 5.41) is 12.1. The SMILES string of the molecule is CC(C)(C)OC(=O)N[C@](C)(CCO)c1ccccc1. The normalized spacial score (nSPS) is 14.6. The van der Waals surface area contributed by atoms with Crippen LogP contribution in [0.4, 0.5) is 4.79 Å². The average molecular weight is 265 g/mol. The number of hydrogen-bond acceptors (Lipinski definition) is 3. The summed E-state index contributed by atoms with van der Waals surface area (Å²) in [6, 6.07) is 9.57. The Morgan fingerprint density at radius 2 is 1.79 bits per heavy atom. The van der Waals surface area contributed by atoms with Crippen molar-refractivity contribution in [1.29, 1.82) is 0 Å². The standard InChI is InChI=1S/C15H23NO3/c1-14(2,3)19-13(18)16-15(4,10-11-17)12-8-6-5-7-9-12/h5-9,17H,10-11H2,1-4H3,(H,16,18)/t15-/m1/s1. The van der Waals surface area contributed by atoms with Gasteiger partial charge in [0.05, 0.1) is 5.54 Å². The van der Waals surface area contributed by atoms with Gasteiger partial charge in [0.1, 0.15) is 5.60 Å². The Kier molecular flexibility index (Phi) is 4.95. The molecule has 1 aromatic rings. The maximum Gasteiger partial charge on any atom is 0.408 e. The predicted molar refractivity (Wildman–Crippen MR) is 74.9 cm³/mol. The summed E-state index contributed by atoms with van der Waals surface area (Å²) in [5.41, 5.74) is -0.242. The molecule has 0 radical (unpaired) electrons. The molecule has 0 fully saturated rings. The Balaban J connectivity index is 2.86. The molecule has 0 aliphatic carbocycles. The molecule has 1 aromatic carbocycles. The van der Waals surface area contributed by atoms with E-state index in [9.17, 15) is 9.90 Å². The van der Waals surface area contributed by atoms with Crippen LogP contribution in [0.15, 0.2) is 30.3 Å².